The molecule has 1 aliphatic carbocycles. The van der Waals surface area contributed by atoms with Crippen LogP contribution in [-0.4, -0.2) is 45.9 Å². The lowest BCUT2D eigenvalue weighted by Gasteiger charge is -2.26. The van der Waals surface area contributed by atoms with Crippen LogP contribution in [0.1, 0.15) is 67.7 Å². The van der Waals surface area contributed by atoms with Crippen LogP contribution >= 0.6 is 24.8 Å². The number of ether oxygens (including phenoxy) is 1. The molecule has 8 N–H and O–H groups in total. The number of aromatic nitrogens is 1. The molecule has 1 aromatic heterocycles. The smallest absolute Gasteiger partial charge is 0.411 e. The van der Waals surface area contributed by atoms with E-state index in [0.29, 0.717) is 47.2 Å². The van der Waals surface area contributed by atoms with E-state index in [1.165, 1.54) is 12.1 Å². The van der Waals surface area contributed by atoms with Crippen molar-refractivity contribution in [2.45, 2.75) is 76.2 Å². The number of nitrogens with one attached hydrogen (secondary N) is 4. The Kier molecular flexibility index (Phi) is 16.1. The van der Waals surface area contributed by atoms with Crippen LogP contribution in [0.25, 0.3) is 22.0 Å². The van der Waals surface area contributed by atoms with Gasteiger partial charge in [-0.25, -0.2) is 4.79 Å². The Morgan fingerprint density at radius 1 is 0.855 bits per heavy atom. The molecule has 2 amide bonds. The highest BCUT2D eigenvalue weighted by Crippen LogP contribution is 2.31. The Hall–Kier alpha value is -4.91. The van der Waals surface area contributed by atoms with Crippen molar-refractivity contribution in [1.82, 2.24) is 10.3 Å². The molecule has 292 valence electrons. The highest BCUT2D eigenvalue weighted by molar-refractivity contribution is 5.92. The number of fused-ring (bicyclic) bond motifs is 1. The fourth-order valence-electron chi connectivity index (χ4n) is 6.77. The molecular weight excluding hydrogens is 741 g/mol. The molecule has 1 heterocycles. The Bertz CT molecular complexity index is 2070. The van der Waals surface area contributed by atoms with Gasteiger partial charge in [0.2, 0.25) is 11.5 Å². The Balaban J connectivity index is 0.00000336. The van der Waals surface area contributed by atoms with Gasteiger partial charge in [-0.05, 0) is 97.5 Å². The van der Waals surface area contributed by atoms with Gasteiger partial charge < -0.3 is 36.3 Å². The van der Waals surface area contributed by atoms with E-state index in [1.807, 2.05) is 66.7 Å². The summed E-state index contributed by atoms with van der Waals surface area (Å²) in [4.78, 5) is 39.9. The van der Waals surface area contributed by atoms with Crippen molar-refractivity contribution in [3.05, 3.63) is 124 Å². The number of carbonyl (C=O) groups is 2. The number of aromatic amines is 1. The third-order valence-corrected chi connectivity index (χ3v) is 9.69. The van der Waals surface area contributed by atoms with Gasteiger partial charge in [-0.3, -0.25) is 14.9 Å². The summed E-state index contributed by atoms with van der Waals surface area (Å²) in [5.41, 5.74) is 11.9. The Morgan fingerprint density at radius 3 is 2.33 bits per heavy atom. The van der Waals surface area contributed by atoms with E-state index in [-0.39, 0.29) is 60.7 Å². The summed E-state index contributed by atoms with van der Waals surface area (Å²) in [5, 5.41) is 30.7. The number of unbranched alkanes of at least 4 members (excludes halogenated alkanes) is 1. The molecular formula is C42H49Cl2N5O6. The van der Waals surface area contributed by atoms with Crippen molar-refractivity contribution in [3.8, 4) is 16.9 Å². The number of hydrogen-bond donors (Lipinski definition) is 7. The maximum absolute atomic E-state index is 12.9. The molecule has 55 heavy (non-hydrogen) atoms. The van der Waals surface area contributed by atoms with Gasteiger partial charge in [0.15, 0.2) is 0 Å². The van der Waals surface area contributed by atoms with E-state index in [0.717, 1.165) is 60.8 Å². The van der Waals surface area contributed by atoms with Gasteiger partial charge in [-0.15, -0.1) is 24.8 Å². The third-order valence-electron chi connectivity index (χ3n) is 9.69. The lowest BCUT2D eigenvalue weighted by Crippen LogP contribution is -2.32. The van der Waals surface area contributed by atoms with Gasteiger partial charge in [-0.1, -0.05) is 60.7 Å². The number of benzene rings is 4. The molecule has 0 bridgehead atoms. The van der Waals surface area contributed by atoms with E-state index in [1.54, 1.807) is 12.1 Å². The normalized spacial score (nSPS) is 15.6. The SMILES string of the molecule is Cl.Cl.NC1CCC(OC(=O)Nc2cc(CCCCC(=O)Nc3ccc(CNC[C@H](O)c4ccc(O)c5[nH]c(=O)ccc45)cc3)ccc2-c2ccccc2)CC1. The van der Waals surface area contributed by atoms with Gasteiger partial charge in [0, 0.05) is 48.3 Å². The number of pyridine rings is 1. The van der Waals surface area contributed by atoms with Crippen molar-refractivity contribution in [1.29, 1.82) is 0 Å². The van der Waals surface area contributed by atoms with Crippen LogP contribution in [0.4, 0.5) is 16.2 Å². The Morgan fingerprint density at radius 2 is 1.58 bits per heavy atom. The highest BCUT2D eigenvalue weighted by Gasteiger charge is 2.22. The minimum Gasteiger partial charge on any atom is -0.506 e. The van der Waals surface area contributed by atoms with Crippen molar-refractivity contribution in [2.75, 3.05) is 17.2 Å². The lowest BCUT2D eigenvalue weighted by molar-refractivity contribution is -0.116. The number of anilines is 2. The molecule has 0 spiro atoms. The number of rotatable bonds is 14. The summed E-state index contributed by atoms with van der Waals surface area (Å²) in [5.74, 6) is -0.113. The molecule has 0 unspecified atom stereocenters. The quantitative estimate of drug-likeness (QED) is 0.0559. The number of aryl methyl sites for hydroxylation is 1. The maximum Gasteiger partial charge on any atom is 0.411 e. The average Bonchev–Trinajstić information content (AvgIpc) is 3.16. The van der Waals surface area contributed by atoms with Crippen LogP contribution in [0.3, 0.4) is 0 Å². The zero-order valence-corrected chi connectivity index (χ0v) is 32.1. The molecule has 5 aromatic rings. The lowest BCUT2D eigenvalue weighted by atomic mass is 9.94. The van der Waals surface area contributed by atoms with Crippen LogP contribution in [0.15, 0.2) is 102 Å². The van der Waals surface area contributed by atoms with Crippen molar-refractivity contribution < 1.29 is 24.5 Å². The molecule has 0 aliphatic heterocycles. The number of aromatic hydroxyl groups is 1. The first-order valence-corrected chi connectivity index (χ1v) is 18.3. The molecule has 1 saturated carbocycles. The number of carbonyl (C=O) groups excluding carboxylic acids is 2. The zero-order chi connectivity index (χ0) is 37.2. The van der Waals surface area contributed by atoms with Gasteiger partial charge in [-0.2, -0.15) is 0 Å². The molecule has 1 aliphatic rings. The minimum atomic E-state index is -0.856. The standard InChI is InChI=1S/C42H47N5O6.2ClH/c43-30-13-17-32(18-14-30)53-42(52)46-36-24-27(12-19-33(36)29-7-2-1-3-8-29)6-4-5-9-39(50)45-31-15-10-28(11-16-31)25-44-26-38(49)34-20-22-37(48)41-35(34)21-23-40(51)47-41;;/h1-3,7-8,10-12,15-16,19-24,30,32,38,44,48-49H,4-6,9,13-14,17-18,25-26,43H2,(H,45,50)(H,46,52)(H,47,51);2*1H/t30?,32?,38-;;/m0../s1. The third kappa shape index (κ3) is 12.0. The molecule has 6 rings (SSSR count). The van der Waals surface area contributed by atoms with Crippen LogP contribution in [0, 0.1) is 0 Å². The molecule has 0 saturated heterocycles. The highest BCUT2D eigenvalue weighted by atomic mass is 35.5. The van der Waals surface area contributed by atoms with Gasteiger partial charge in [0.1, 0.15) is 11.9 Å². The van der Waals surface area contributed by atoms with E-state index < -0.39 is 12.2 Å². The summed E-state index contributed by atoms with van der Waals surface area (Å²) in [6.45, 7) is 0.758. The number of phenols is 1. The van der Waals surface area contributed by atoms with Crippen molar-refractivity contribution in [3.63, 3.8) is 0 Å². The molecule has 1 atom stereocenters. The molecule has 1 fully saturated rings. The number of halogens is 2. The van der Waals surface area contributed by atoms with E-state index >= 15 is 0 Å². The number of H-pyrrole nitrogens is 1. The topological polar surface area (TPSA) is 179 Å². The fraction of sp³-hybridized carbons (Fsp3) is 0.310. The largest absolute Gasteiger partial charge is 0.506 e. The summed E-state index contributed by atoms with van der Waals surface area (Å²) < 4.78 is 5.74. The Labute approximate surface area is 332 Å². The predicted molar refractivity (Wildman–Crippen MR) is 222 cm³/mol. The van der Waals surface area contributed by atoms with E-state index in [4.69, 9.17) is 10.5 Å². The number of aliphatic hydroxyl groups excluding tert-OH is 1. The first kappa shape index (κ1) is 42.8. The first-order chi connectivity index (χ1) is 25.7. The second kappa shape index (κ2) is 20.7. The monoisotopic (exact) mass is 789 g/mol. The number of phenolic OH excluding ortho intramolecular Hbond substituents is 1. The zero-order valence-electron chi connectivity index (χ0n) is 30.5. The molecule has 4 aromatic carbocycles. The average molecular weight is 791 g/mol. The first-order valence-electron chi connectivity index (χ1n) is 18.3. The van der Waals surface area contributed by atoms with Gasteiger partial charge in [0.25, 0.3) is 0 Å². The van der Waals surface area contributed by atoms with Crippen LogP contribution in [0.2, 0.25) is 0 Å². The number of hydrogen-bond acceptors (Lipinski definition) is 8. The number of amides is 2. The second-order valence-electron chi connectivity index (χ2n) is 13.7. The predicted octanol–water partition coefficient (Wildman–Crippen LogP) is 7.74. The minimum absolute atomic E-state index is 0. The molecule has 11 nitrogen and oxygen atoms in total. The van der Waals surface area contributed by atoms with Crippen LogP contribution in [-0.2, 0) is 22.5 Å². The molecule has 0 radical (unpaired) electrons. The van der Waals surface area contributed by atoms with Crippen LogP contribution < -0.4 is 27.2 Å². The summed E-state index contributed by atoms with van der Waals surface area (Å²) in [7, 11) is 0. The van der Waals surface area contributed by atoms with Crippen LogP contribution in [0.5, 0.6) is 5.75 Å². The van der Waals surface area contributed by atoms with Gasteiger partial charge >= 0.3 is 6.09 Å². The molecule has 13 heteroatoms. The van der Waals surface area contributed by atoms with E-state index in [2.05, 4.69) is 27.0 Å². The fourth-order valence-corrected chi connectivity index (χ4v) is 6.77. The number of nitrogens with two attached hydrogens (primary N) is 1. The second-order valence-corrected chi connectivity index (χ2v) is 13.7. The van der Waals surface area contributed by atoms with Gasteiger partial charge in [0.05, 0.1) is 17.3 Å². The van der Waals surface area contributed by atoms with E-state index in [9.17, 15) is 24.6 Å². The number of aliphatic hydroxyl groups is 1. The summed E-state index contributed by atoms with van der Waals surface area (Å²) in [6.07, 6.45) is 4.46. The van der Waals surface area contributed by atoms with Crippen molar-refractivity contribution in [2.24, 2.45) is 5.73 Å². The van der Waals surface area contributed by atoms with Crippen molar-refractivity contribution >= 4 is 59.1 Å². The summed E-state index contributed by atoms with van der Waals surface area (Å²) >= 11 is 0. The maximum atomic E-state index is 12.9. The summed E-state index contributed by atoms with van der Waals surface area (Å²) in [6, 6.07) is 29.8.